The second kappa shape index (κ2) is 5.01. The molecule has 5 heteroatoms. The number of aromatic nitrogens is 2. The van der Waals surface area contributed by atoms with E-state index in [1.807, 2.05) is 30.3 Å². The van der Waals surface area contributed by atoms with E-state index in [0.717, 1.165) is 5.56 Å². The predicted octanol–water partition coefficient (Wildman–Crippen LogP) is 2.55. The summed E-state index contributed by atoms with van der Waals surface area (Å²) in [7, 11) is 0. The van der Waals surface area contributed by atoms with Crippen molar-refractivity contribution in [2.75, 3.05) is 0 Å². The summed E-state index contributed by atoms with van der Waals surface area (Å²) in [6.45, 7) is 3.49. The second-order valence-electron chi connectivity index (χ2n) is 4.93. The number of Topliss-reactive ketones (excluding diaryl/α,β-unsaturated/α-hetero) is 1. The minimum Gasteiger partial charge on any atom is -0.442 e. The molecule has 0 spiro atoms. The van der Waals surface area contributed by atoms with Crippen molar-refractivity contribution in [3.63, 3.8) is 0 Å². The Morgan fingerprint density at radius 2 is 2.00 bits per heavy atom. The standard InChI is InChI=1S/C16H14N2O3/c1-10(19)13-11(2)21-15-14(13)16(20)18(9-17-15)8-12-6-4-3-5-7-12/h3-7,9H,8H2,1-2H3. The van der Waals surface area contributed by atoms with Crippen LogP contribution in [0, 0.1) is 6.92 Å². The van der Waals surface area contributed by atoms with Gasteiger partial charge in [-0.05, 0) is 19.4 Å². The van der Waals surface area contributed by atoms with Gasteiger partial charge in [0, 0.05) is 0 Å². The molecule has 0 aliphatic carbocycles. The Hall–Kier alpha value is -2.69. The summed E-state index contributed by atoms with van der Waals surface area (Å²) >= 11 is 0. The number of carbonyl (C=O) groups is 1. The minimum absolute atomic E-state index is 0.192. The zero-order chi connectivity index (χ0) is 15.0. The maximum atomic E-state index is 12.6. The Bertz CT molecular complexity index is 876. The molecule has 0 saturated heterocycles. The van der Waals surface area contributed by atoms with Crippen molar-refractivity contribution < 1.29 is 9.21 Å². The van der Waals surface area contributed by atoms with E-state index in [1.165, 1.54) is 17.8 Å². The number of ketones is 1. The topological polar surface area (TPSA) is 65.1 Å². The van der Waals surface area contributed by atoms with Gasteiger partial charge in [0.2, 0.25) is 5.71 Å². The molecule has 5 nitrogen and oxygen atoms in total. The number of furan rings is 1. The number of benzene rings is 1. The highest BCUT2D eigenvalue weighted by atomic mass is 16.3. The molecule has 0 N–H and O–H groups in total. The molecule has 0 fully saturated rings. The molecule has 0 atom stereocenters. The summed E-state index contributed by atoms with van der Waals surface area (Å²) in [6, 6.07) is 9.61. The van der Waals surface area contributed by atoms with Gasteiger partial charge in [0.1, 0.15) is 17.5 Å². The lowest BCUT2D eigenvalue weighted by Gasteiger charge is -2.05. The molecule has 1 aromatic carbocycles. The van der Waals surface area contributed by atoms with Crippen molar-refractivity contribution in [3.8, 4) is 0 Å². The van der Waals surface area contributed by atoms with Crippen LogP contribution in [0.1, 0.15) is 28.6 Å². The van der Waals surface area contributed by atoms with Crippen LogP contribution in [0.4, 0.5) is 0 Å². The number of hydrogen-bond acceptors (Lipinski definition) is 4. The van der Waals surface area contributed by atoms with Crippen molar-refractivity contribution >= 4 is 16.9 Å². The van der Waals surface area contributed by atoms with Crippen molar-refractivity contribution in [2.24, 2.45) is 0 Å². The number of fused-ring (bicyclic) bond motifs is 1. The fraction of sp³-hybridized carbons (Fsp3) is 0.188. The number of carbonyl (C=O) groups excluding carboxylic acids is 1. The van der Waals surface area contributed by atoms with E-state index in [2.05, 4.69) is 4.98 Å². The van der Waals surface area contributed by atoms with E-state index in [4.69, 9.17) is 4.42 Å². The molecule has 3 aromatic rings. The van der Waals surface area contributed by atoms with Gasteiger partial charge < -0.3 is 4.42 Å². The summed E-state index contributed by atoms with van der Waals surface area (Å²) in [5, 5.41) is 0.262. The maximum absolute atomic E-state index is 12.6. The second-order valence-corrected chi connectivity index (χ2v) is 4.93. The van der Waals surface area contributed by atoms with Gasteiger partial charge >= 0.3 is 0 Å². The van der Waals surface area contributed by atoms with Gasteiger partial charge in [-0.25, -0.2) is 4.98 Å². The van der Waals surface area contributed by atoms with Crippen LogP contribution in [-0.4, -0.2) is 15.3 Å². The minimum atomic E-state index is -0.258. The van der Waals surface area contributed by atoms with Gasteiger partial charge in [0.05, 0.1) is 12.1 Å². The number of hydrogen-bond donors (Lipinski definition) is 0. The first kappa shape index (κ1) is 13.3. The predicted molar refractivity (Wildman–Crippen MR) is 78.6 cm³/mol. The first-order valence-electron chi connectivity index (χ1n) is 6.61. The van der Waals surface area contributed by atoms with Gasteiger partial charge in [-0.15, -0.1) is 0 Å². The van der Waals surface area contributed by atoms with E-state index in [9.17, 15) is 9.59 Å². The van der Waals surface area contributed by atoms with Gasteiger partial charge in [0.15, 0.2) is 5.78 Å². The van der Waals surface area contributed by atoms with Crippen LogP contribution in [0.5, 0.6) is 0 Å². The molecular weight excluding hydrogens is 268 g/mol. The zero-order valence-electron chi connectivity index (χ0n) is 11.8. The molecule has 0 aliphatic heterocycles. The molecule has 3 rings (SSSR count). The Labute approximate surface area is 120 Å². The Morgan fingerprint density at radius 3 is 2.67 bits per heavy atom. The van der Waals surface area contributed by atoms with E-state index in [-0.39, 0.29) is 22.4 Å². The van der Waals surface area contributed by atoms with Gasteiger partial charge in [0.25, 0.3) is 5.56 Å². The highest BCUT2D eigenvalue weighted by molar-refractivity contribution is 6.06. The van der Waals surface area contributed by atoms with Crippen molar-refractivity contribution in [2.45, 2.75) is 20.4 Å². The molecular formula is C16H14N2O3. The number of nitrogens with zero attached hydrogens (tertiary/aromatic N) is 2. The molecule has 0 aliphatic rings. The SMILES string of the molecule is CC(=O)c1c(C)oc2ncn(Cc3ccccc3)c(=O)c12. The van der Waals surface area contributed by atoms with Crippen LogP contribution >= 0.6 is 0 Å². The lowest BCUT2D eigenvalue weighted by Crippen LogP contribution is -2.21. The lowest BCUT2D eigenvalue weighted by atomic mass is 10.1. The molecule has 0 amide bonds. The first-order valence-corrected chi connectivity index (χ1v) is 6.61. The van der Waals surface area contributed by atoms with Crippen LogP contribution < -0.4 is 5.56 Å². The number of aryl methyl sites for hydroxylation is 1. The van der Waals surface area contributed by atoms with Crippen LogP contribution in [0.2, 0.25) is 0 Å². The van der Waals surface area contributed by atoms with Gasteiger partial charge in [-0.3, -0.25) is 14.2 Å². The van der Waals surface area contributed by atoms with Crippen LogP contribution in [0.15, 0.2) is 45.9 Å². The molecule has 2 heterocycles. The lowest BCUT2D eigenvalue weighted by molar-refractivity contribution is 0.101. The van der Waals surface area contributed by atoms with E-state index < -0.39 is 0 Å². The smallest absolute Gasteiger partial charge is 0.265 e. The first-order chi connectivity index (χ1) is 10.1. The van der Waals surface area contributed by atoms with E-state index >= 15 is 0 Å². The highest BCUT2D eigenvalue weighted by Crippen LogP contribution is 2.21. The fourth-order valence-corrected chi connectivity index (χ4v) is 2.45. The Balaban J connectivity index is 2.18. The third-order valence-corrected chi connectivity index (χ3v) is 3.40. The number of rotatable bonds is 3. The molecule has 0 bridgehead atoms. The monoisotopic (exact) mass is 282 g/mol. The molecule has 106 valence electrons. The molecule has 2 aromatic heterocycles. The zero-order valence-corrected chi connectivity index (χ0v) is 11.8. The average molecular weight is 282 g/mol. The van der Waals surface area contributed by atoms with Crippen LogP contribution in [0.25, 0.3) is 11.1 Å². The van der Waals surface area contributed by atoms with E-state index in [0.29, 0.717) is 17.9 Å². The normalized spacial score (nSPS) is 11.0. The Kier molecular flexibility index (Phi) is 3.17. The van der Waals surface area contributed by atoms with Crippen molar-refractivity contribution in [3.05, 3.63) is 63.9 Å². The fourth-order valence-electron chi connectivity index (χ4n) is 2.45. The third-order valence-electron chi connectivity index (χ3n) is 3.40. The van der Waals surface area contributed by atoms with Crippen LogP contribution in [-0.2, 0) is 6.54 Å². The quantitative estimate of drug-likeness (QED) is 0.692. The van der Waals surface area contributed by atoms with Crippen LogP contribution in [0.3, 0.4) is 0 Å². The maximum Gasteiger partial charge on any atom is 0.265 e. The Morgan fingerprint density at radius 1 is 1.29 bits per heavy atom. The summed E-state index contributed by atoms with van der Waals surface area (Å²) < 4.78 is 6.89. The largest absolute Gasteiger partial charge is 0.442 e. The summed E-state index contributed by atoms with van der Waals surface area (Å²) in [5.41, 5.74) is 1.27. The summed E-state index contributed by atoms with van der Waals surface area (Å²) in [6.07, 6.45) is 1.45. The van der Waals surface area contributed by atoms with Gasteiger partial charge in [-0.2, -0.15) is 0 Å². The van der Waals surface area contributed by atoms with Crippen molar-refractivity contribution in [1.82, 2.24) is 9.55 Å². The van der Waals surface area contributed by atoms with Crippen molar-refractivity contribution in [1.29, 1.82) is 0 Å². The van der Waals surface area contributed by atoms with E-state index in [1.54, 1.807) is 6.92 Å². The molecule has 0 radical (unpaired) electrons. The molecule has 21 heavy (non-hydrogen) atoms. The summed E-state index contributed by atoms with van der Waals surface area (Å²) in [4.78, 5) is 28.5. The third kappa shape index (κ3) is 2.27. The molecule has 0 saturated carbocycles. The molecule has 0 unspecified atom stereocenters. The summed E-state index contributed by atoms with van der Waals surface area (Å²) in [5.74, 6) is 0.238. The highest BCUT2D eigenvalue weighted by Gasteiger charge is 2.20. The van der Waals surface area contributed by atoms with Gasteiger partial charge in [-0.1, -0.05) is 30.3 Å². The average Bonchev–Trinajstić information content (AvgIpc) is 2.80.